The summed E-state index contributed by atoms with van der Waals surface area (Å²) in [6.07, 6.45) is 3.45. The summed E-state index contributed by atoms with van der Waals surface area (Å²) in [5.74, 6) is 3.21. The average Bonchev–Trinajstić information content (AvgIpc) is 3.49. The fourth-order valence-electron chi connectivity index (χ4n) is 3.08. The monoisotopic (exact) mass is 426 g/mol. The lowest BCUT2D eigenvalue weighted by molar-refractivity contribution is 0.688. The van der Waals surface area contributed by atoms with Gasteiger partial charge in [0.2, 0.25) is 5.95 Å². The molecule has 0 unspecified atom stereocenters. The molecule has 1 saturated carbocycles. The first kappa shape index (κ1) is 20.4. The Hall–Kier alpha value is -2.84. The molecule has 3 aromatic rings. The third-order valence-corrected chi connectivity index (χ3v) is 5.13. The number of hydrogen-bond acceptors (Lipinski definition) is 7. The Labute approximate surface area is 181 Å². The molecule has 0 radical (unpaired) electrons. The van der Waals surface area contributed by atoms with E-state index in [-0.39, 0.29) is 0 Å². The van der Waals surface area contributed by atoms with E-state index in [2.05, 4.69) is 48.4 Å². The van der Waals surface area contributed by atoms with Crippen LogP contribution in [0, 0.1) is 0 Å². The van der Waals surface area contributed by atoms with Crippen LogP contribution in [0.5, 0.6) is 0 Å². The van der Waals surface area contributed by atoms with Crippen molar-refractivity contribution >= 4 is 40.7 Å². The Kier molecular flexibility index (Phi) is 6.66. The lowest BCUT2D eigenvalue weighted by Gasteiger charge is -2.12. The summed E-state index contributed by atoms with van der Waals surface area (Å²) in [6, 6.07) is 11.5. The quantitative estimate of drug-likeness (QED) is 0.285. The van der Waals surface area contributed by atoms with Crippen LogP contribution in [0.4, 0.5) is 29.1 Å². The van der Waals surface area contributed by atoms with Crippen LogP contribution in [0.3, 0.4) is 0 Å². The van der Waals surface area contributed by atoms with Gasteiger partial charge in [0.05, 0.1) is 10.7 Å². The Morgan fingerprint density at radius 2 is 1.87 bits per heavy atom. The molecule has 1 fully saturated rings. The molecule has 0 spiro atoms. The van der Waals surface area contributed by atoms with E-state index in [1.807, 2.05) is 36.4 Å². The molecule has 0 saturated heterocycles. The fraction of sp³-hybridized carbons (Fsp3) is 0.381. The first-order valence-corrected chi connectivity index (χ1v) is 10.8. The lowest BCUT2D eigenvalue weighted by atomic mass is 10.3. The van der Waals surface area contributed by atoms with Crippen molar-refractivity contribution in [2.45, 2.75) is 32.1 Å². The Morgan fingerprint density at radius 1 is 1.03 bits per heavy atom. The van der Waals surface area contributed by atoms with Gasteiger partial charge >= 0.3 is 0 Å². The predicted octanol–water partition coefficient (Wildman–Crippen LogP) is 4.63. The normalized spacial score (nSPS) is 13.3. The van der Waals surface area contributed by atoms with Gasteiger partial charge in [-0.3, -0.25) is 5.10 Å². The summed E-state index contributed by atoms with van der Waals surface area (Å²) in [5.41, 5.74) is 1.92. The molecule has 0 amide bonds. The predicted molar refractivity (Wildman–Crippen MR) is 122 cm³/mol. The van der Waals surface area contributed by atoms with Gasteiger partial charge in [0, 0.05) is 30.3 Å². The zero-order valence-electron chi connectivity index (χ0n) is 17.0. The average molecular weight is 427 g/mol. The number of rotatable bonds is 11. The highest BCUT2D eigenvalue weighted by atomic mass is 35.5. The van der Waals surface area contributed by atoms with Gasteiger partial charge in [0.1, 0.15) is 11.6 Å². The Bertz CT molecular complexity index is 969. The number of anilines is 5. The van der Waals surface area contributed by atoms with Gasteiger partial charge in [0.15, 0.2) is 5.82 Å². The Balaban J connectivity index is 1.50. The maximum Gasteiger partial charge on any atom is 0.231 e. The van der Waals surface area contributed by atoms with Crippen molar-refractivity contribution in [3.8, 4) is 0 Å². The standard InChI is InChI=1S/C21H27ClN8/c1-2-23-10-5-11-24-18-13-19(26-20-12-17(29-30-20)14-8-9-14)28-21(27-18)25-16-7-4-3-6-15(16)22/h3-4,6-7,12-14,23H,2,5,8-11H2,1H3,(H4,24,25,26,27,28,29,30). The zero-order valence-corrected chi connectivity index (χ0v) is 17.8. The molecule has 0 atom stereocenters. The second kappa shape index (κ2) is 9.77. The smallest absolute Gasteiger partial charge is 0.231 e. The van der Waals surface area contributed by atoms with Crippen molar-refractivity contribution < 1.29 is 0 Å². The highest BCUT2D eigenvalue weighted by molar-refractivity contribution is 6.33. The molecule has 5 N–H and O–H groups in total. The Morgan fingerprint density at radius 3 is 2.67 bits per heavy atom. The maximum atomic E-state index is 6.28. The van der Waals surface area contributed by atoms with Gasteiger partial charge in [-0.2, -0.15) is 15.1 Å². The van der Waals surface area contributed by atoms with Crippen LogP contribution < -0.4 is 21.3 Å². The number of H-pyrrole nitrogens is 1. The zero-order chi connectivity index (χ0) is 20.8. The van der Waals surface area contributed by atoms with Crippen molar-refractivity contribution in [2.75, 3.05) is 35.6 Å². The van der Waals surface area contributed by atoms with E-state index < -0.39 is 0 Å². The number of para-hydroxylation sites is 1. The van der Waals surface area contributed by atoms with E-state index in [1.165, 1.54) is 18.5 Å². The number of aromatic amines is 1. The van der Waals surface area contributed by atoms with Crippen LogP contribution >= 0.6 is 11.6 Å². The van der Waals surface area contributed by atoms with Crippen molar-refractivity contribution in [2.24, 2.45) is 0 Å². The highest BCUT2D eigenvalue weighted by Gasteiger charge is 2.25. The molecule has 1 aromatic carbocycles. The van der Waals surface area contributed by atoms with Crippen LogP contribution in [0.15, 0.2) is 36.4 Å². The molecule has 1 aliphatic carbocycles. The van der Waals surface area contributed by atoms with Crippen LogP contribution in [-0.4, -0.2) is 39.8 Å². The van der Waals surface area contributed by atoms with Crippen molar-refractivity contribution in [1.29, 1.82) is 0 Å². The molecule has 158 valence electrons. The minimum Gasteiger partial charge on any atom is -0.370 e. The molecule has 4 rings (SSSR count). The molecule has 30 heavy (non-hydrogen) atoms. The summed E-state index contributed by atoms with van der Waals surface area (Å²) in [6.45, 7) is 4.84. The van der Waals surface area contributed by atoms with Crippen molar-refractivity contribution in [1.82, 2.24) is 25.5 Å². The number of benzene rings is 1. The third kappa shape index (κ3) is 5.61. The van der Waals surface area contributed by atoms with E-state index in [9.17, 15) is 0 Å². The molecule has 2 aromatic heterocycles. The summed E-state index contributed by atoms with van der Waals surface area (Å²) < 4.78 is 0. The maximum absolute atomic E-state index is 6.28. The minimum absolute atomic E-state index is 0.459. The molecule has 1 aliphatic rings. The molecular formula is C21H27ClN8. The fourth-order valence-corrected chi connectivity index (χ4v) is 3.27. The third-order valence-electron chi connectivity index (χ3n) is 4.80. The van der Waals surface area contributed by atoms with E-state index >= 15 is 0 Å². The van der Waals surface area contributed by atoms with Crippen LogP contribution in [0.25, 0.3) is 0 Å². The number of hydrogen-bond donors (Lipinski definition) is 5. The molecule has 9 heteroatoms. The van der Waals surface area contributed by atoms with Crippen LogP contribution in [-0.2, 0) is 0 Å². The second-order valence-corrected chi connectivity index (χ2v) is 7.72. The summed E-state index contributed by atoms with van der Waals surface area (Å²) in [4.78, 5) is 9.19. The summed E-state index contributed by atoms with van der Waals surface area (Å²) >= 11 is 6.28. The largest absolute Gasteiger partial charge is 0.370 e. The highest BCUT2D eigenvalue weighted by Crippen LogP contribution is 2.39. The van der Waals surface area contributed by atoms with Crippen LogP contribution in [0.1, 0.15) is 37.8 Å². The second-order valence-electron chi connectivity index (χ2n) is 7.31. The van der Waals surface area contributed by atoms with Gasteiger partial charge in [-0.1, -0.05) is 30.7 Å². The first-order valence-electron chi connectivity index (χ1n) is 10.4. The van der Waals surface area contributed by atoms with Gasteiger partial charge in [-0.05, 0) is 44.5 Å². The van der Waals surface area contributed by atoms with Gasteiger partial charge < -0.3 is 21.3 Å². The van der Waals surface area contributed by atoms with Crippen molar-refractivity contribution in [3.05, 3.63) is 47.1 Å². The lowest BCUT2D eigenvalue weighted by Crippen LogP contribution is -2.17. The molecule has 8 nitrogen and oxygen atoms in total. The van der Waals surface area contributed by atoms with Crippen molar-refractivity contribution in [3.63, 3.8) is 0 Å². The molecular weight excluding hydrogens is 400 g/mol. The molecule has 0 bridgehead atoms. The van der Waals surface area contributed by atoms with Gasteiger partial charge in [0.25, 0.3) is 0 Å². The summed E-state index contributed by atoms with van der Waals surface area (Å²) in [7, 11) is 0. The first-order chi connectivity index (χ1) is 14.7. The van der Waals surface area contributed by atoms with E-state index in [4.69, 9.17) is 11.6 Å². The van der Waals surface area contributed by atoms with E-state index in [1.54, 1.807) is 0 Å². The minimum atomic E-state index is 0.459. The molecule has 0 aliphatic heterocycles. The van der Waals surface area contributed by atoms with E-state index in [0.717, 1.165) is 43.4 Å². The van der Waals surface area contributed by atoms with Crippen LogP contribution in [0.2, 0.25) is 5.02 Å². The topological polar surface area (TPSA) is 103 Å². The van der Waals surface area contributed by atoms with Gasteiger partial charge in [-0.15, -0.1) is 0 Å². The van der Waals surface area contributed by atoms with E-state index in [0.29, 0.717) is 22.7 Å². The van der Waals surface area contributed by atoms with Gasteiger partial charge in [-0.25, -0.2) is 0 Å². The molecule has 2 heterocycles. The number of aromatic nitrogens is 4. The number of nitrogens with one attached hydrogen (secondary N) is 5. The SMILES string of the molecule is CCNCCCNc1cc(Nc2cc(C3CC3)[nH]n2)nc(Nc2ccccc2Cl)n1. The number of nitrogens with zero attached hydrogens (tertiary/aromatic N) is 3. The number of halogens is 1. The summed E-state index contributed by atoms with van der Waals surface area (Å²) in [5, 5.41) is 21.3.